The van der Waals surface area contributed by atoms with E-state index in [1.54, 1.807) is 0 Å². The molecule has 158 valence electrons. The first-order valence-electron chi connectivity index (χ1n) is 11.3. The summed E-state index contributed by atoms with van der Waals surface area (Å²) in [4.78, 5) is 10.6. The lowest BCUT2D eigenvalue weighted by Gasteiger charge is -2.36. The van der Waals surface area contributed by atoms with Gasteiger partial charge in [-0.2, -0.15) is 0 Å². The molecule has 0 spiro atoms. The Labute approximate surface area is 176 Å². The number of aromatic amines is 1. The Morgan fingerprint density at radius 2 is 1.93 bits per heavy atom. The molecule has 0 aliphatic carbocycles. The summed E-state index contributed by atoms with van der Waals surface area (Å²) in [6.07, 6.45) is 7.84. The summed E-state index contributed by atoms with van der Waals surface area (Å²) in [6.45, 7) is 17.8. The van der Waals surface area contributed by atoms with E-state index in [4.69, 9.17) is 0 Å². The van der Waals surface area contributed by atoms with Gasteiger partial charge in [0.1, 0.15) is 5.82 Å². The molecular formula is C25H38N4. The van der Waals surface area contributed by atoms with Gasteiger partial charge in [0.2, 0.25) is 0 Å². The maximum Gasteiger partial charge on any atom is 0.137 e. The Morgan fingerprint density at radius 1 is 1.17 bits per heavy atom. The normalized spacial score (nSPS) is 16.0. The van der Waals surface area contributed by atoms with Gasteiger partial charge in [-0.3, -0.25) is 0 Å². The molecule has 0 unspecified atom stereocenters. The largest absolute Gasteiger partial charge is 0.370 e. The van der Waals surface area contributed by atoms with Crippen molar-refractivity contribution < 1.29 is 0 Å². The number of rotatable bonds is 9. The molecule has 4 heteroatoms. The zero-order valence-corrected chi connectivity index (χ0v) is 18.8. The van der Waals surface area contributed by atoms with Crippen LogP contribution in [0.5, 0.6) is 0 Å². The first-order valence-corrected chi connectivity index (χ1v) is 11.3. The molecule has 1 aliphatic rings. The van der Waals surface area contributed by atoms with Gasteiger partial charge in [-0.15, -0.1) is 0 Å². The molecule has 0 bridgehead atoms. The van der Waals surface area contributed by atoms with Crippen molar-refractivity contribution in [3.05, 3.63) is 47.8 Å². The molecule has 1 saturated heterocycles. The first-order chi connectivity index (χ1) is 14.0. The van der Waals surface area contributed by atoms with E-state index < -0.39 is 0 Å². The van der Waals surface area contributed by atoms with Gasteiger partial charge < -0.3 is 15.2 Å². The van der Waals surface area contributed by atoms with Crippen molar-refractivity contribution in [1.82, 2.24) is 20.2 Å². The van der Waals surface area contributed by atoms with Gasteiger partial charge in [-0.25, -0.2) is 4.98 Å². The summed E-state index contributed by atoms with van der Waals surface area (Å²) in [5.41, 5.74) is 6.34. The van der Waals surface area contributed by atoms with E-state index in [2.05, 4.69) is 72.7 Å². The monoisotopic (exact) mass is 394 g/mol. The van der Waals surface area contributed by atoms with Crippen molar-refractivity contribution in [2.75, 3.05) is 26.2 Å². The number of piperidine rings is 1. The van der Waals surface area contributed by atoms with Crippen LogP contribution in [-0.2, 0) is 5.41 Å². The predicted octanol–water partition coefficient (Wildman–Crippen LogP) is 5.51. The lowest BCUT2D eigenvalue weighted by Crippen LogP contribution is -2.38. The highest BCUT2D eigenvalue weighted by atomic mass is 15.1. The average Bonchev–Trinajstić information content (AvgIpc) is 3.21. The highest BCUT2D eigenvalue weighted by Crippen LogP contribution is 2.36. The van der Waals surface area contributed by atoms with Crippen LogP contribution in [0.3, 0.4) is 0 Å². The number of nitrogens with zero attached hydrogens (tertiary/aromatic N) is 2. The van der Waals surface area contributed by atoms with E-state index in [-0.39, 0.29) is 5.41 Å². The number of hydrogen-bond donors (Lipinski definition) is 2. The number of benzene rings is 1. The minimum absolute atomic E-state index is 0.274. The third-order valence-electron chi connectivity index (χ3n) is 6.40. The van der Waals surface area contributed by atoms with E-state index in [0.29, 0.717) is 0 Å². The van der Waals surface area contributed by atoms with E-state index in [0.717, 1.165) is 55.4 Å². The highest BCUT2D eigenvalue weighted by Gasteiger charge is 2.30. The fourth-order valence-corrected chi connectivity index (χ4v) is 4.52. The fourth-order valence-electron chi connectivity index (χ4n) is 4.52. The Bertz CT molecular complexity index is 814. The molecular weight excluding hydrogens is 356 g/mol. The van der Waals surface area contributed by atoms with Gasteiger partial charge in [0.25, 0.3) is 0 Å². The van der Waals surface area contributed by atoms with Gasteiger partial charge in [0.15, 0.2) is 0 Å². The maximum atomic E-state index is 4.68. The molecule has 2 aromatic rings. The molecule has 1 aromatic heterocycles. The van der Waals surface area contributed by atoms with Crippen molar-refractivity contribution >= 4 is 5.70 Å². The van der Waals surface area contributed by atoms with Crippen LogP contribution in [0.2, 0.25) is 0 Å². The second kappa shape index (κ2) is 9.62. The molecule has 3 rings (SSSR count). The van der Waals surface area contributed by atoms with Crippen molar-refractivity contribution in [2.24, 2.45) is 0 Å². The quantitative estimate of drug-likeness (QED) is 0.589. The van der Waals surface area contributed by atoms with E-state index >= 15 is 0 Å². The summed E-state index contributed by atoms with van der Waals surface area (Å²) in [7, 11) is 0. The second-order valence-corrected chi connectivity index (χ2v) is 8.77. The van der Waals surface area contributed by atoms with Crippen LogP contribution in [0.25, 0.3) is 17.1 Å². The van der Waals surface area contributed by atoms with Crippen LogP contribution in [0, 0.1) is 6.92 Å². The Balaban J connectivity index is 1.79. The number of unbranched alkanes of at least 4 members (excludes halogenated alkanes) is 1. The molecule has 0 saturated carbocycles. The molecule has 2 N–H and O–H groups in total. The highest BCUT2D eigenvalue weighted by molar-refractivity contribution is 5.64. The summed E-state index contributed by atoms with van der Waals surface area (Å²) in [6, 6.07) is 6.83. The van der Waals surface area contributed by atoms with Crippen LogP contribution in [-0.4, -0.2) is 41.0 Å². The molecule has 1 aliphatic heterocycles. The van der Waals surface area contributed by atoms with E-state index in [1.165, 1.54) is 36.8 Å². The summed E-state index contributed by atoms with van der Waals surface area (Å²) in [5.74, 6) is 0.929. The van der Waals surface area contributed by atoms with Crippen molar-refractivity contribution in [3.63, 3.8) is 0 Å². The van der Waals surface area contributed by atoms with Crippen LogP contribution < -0.4 is 5.32 Å². The molecule has 29 heavy (non-hydrogen) atoms. The smallest absolute Gasteiger partial charge is 0.137 e. The summed E-state index contributed by atoms with van der Waals surface area (Å²) in [5, 5.41) is 3.48. The number of aryl methyl sites for hydroxylation is 1. The molecule has 2 heterocycles. The summed E-state index contributed by atoms with van der Waals surface area (Å²) >= 11 is 0. The van der Waals surface area contributed by atoms with Crippen LogP contribution in [0.15, 0.2) is 31.0 Å². The van der Waals surface area contributed by atoms with Crippen LogP contribution >= 0.6 is 0 Å². The first kappa shape index (κ1) is 21.6. The molecule has 1 fully saturated rings. The van der Waals surface area contributed by atoms with Gasteiger partial charge in [0, 0.05) is 18.7 Å². The third kappa shape index (κ3) is 4.92. The number of hydrogen-bond acceptors (Lipinski definition) is 3. The Morgan fingerprint density at radius 3 is 2.59 bits per heavy atom. The average molecular weight is 395 g/mol. The molecule has 4 nitrogen and oxygen atoms in total. The molecule has 1 aromatic carbocycles. The van der Waals surface area contributed by atoms with Crippen molar-refractivity contribution in [2.45, 2.75) is 65.2 Å². The van der Waals surface area contributed by atoms with Gasteiger partial charge >= 0.3 is 0 Å². The van der Waals surface area contributed by atoms with E-state index in [1.807, 2.05) is 6.20 Å². The Kier molecular flexibility index (Phi) is 7.18. The lowest BCUT2D eigenvalue weighted by molar-refractivity contribution is 0.334. The third-order valence-corrected chi connectivity index (χ3v) is 6.40. The van der Waals surface area contributed by atoms with Gasteiger partial charge in [-0.1, -0.05) is 45.9 Å². The second-order valence-electron chi connectivity index (χ2n) is 8.77. The predicted molar refractivity (Wildman–Crippen MR) is 124 cm³/mol. The minimum atomic E-state index is 0.274. The maximum absolute atomic E-state index is 4.68. The number of aromatic nitrogens is 2. The van der Waals surface area contributed by atoms with E-state index in [9.17, 15) is 0 Å². The minimum Gasteiger partial charge on any atom is -0.370 e. The zero-order chi connectivity index (χ0) is 20.9. The standard InChI is InChI=1S/C25H38N4/c1-6-8-16-29(15-7-2)20(4)23-18-27-24(28-23)21-9-10-22(19(3)17-21)25(5)11-13-26-14-12-25/h9-10,17-18,26H,4,6-8,11-16H2,1-3,5H3,(H,27,28). The number of H-pyrrole nitrogens is 1. The number of nitrogens with one attached hydrogen (secondary N) is 2. The lowest BCUT2D eigenvalue weighted by atomic mass is 9.73. The summed E-state index contributed by atoms with van der Waals surface area (Å²) < 4.78 is 0. The topological polar surface area (TPSA) is 44.0 Å². The van der Waals surface area contributed by atoms with Crippen molar-refractivity contribution in [3.8, 4) is 11.4 Å². The molecule has 0 amide bonds. The molecule has 0 atom stereocenters. The molecule has 0 radical (unpaired) electrons. The van der Waals surface area contributed by atoms with Crippen LogP contribution in [0.4, 0.5) is 0 Å². The number of imidazole rings is 1. The van der Waals surface area contributed by atoms with Gasteiger partial charge in [-0.05, 0) is 68.3 Å². The fraction of sp³-hybridized carbons (Fsp3) is 0.560. The van der Waals surface area contributed by atoms with Gasteiger partial charge in [0.05, 0.1) is 17.6 Å². The van der Waals surface area contributed by atoms with Crippen LogP contribution in [0.1, 0.15) is 69.7 Å². The Hall–Kier alpha value is -2.07. The van der Waals surface area contributed by atoms with Crippen molar-refractivity contribution in [1.29, 1.82) is 0 Å². The zero-order valence-electron chi connectivity index (χ0n) is 18.8. The SMILES string of the molecule is C=C(c1cnc(-c2ccc(C3(C)CCNCC3)c(C)c2)[nH]1)N(CCC)CCCC.